The first kappa shape index (κ1) is 24.9. The van der Waals surface area contributed by atoms with Gasteiger partial charge >= 0.3 is 0 Å². The van der Waals surface area contributed by atoms with Gasteiger partial charge < -0.3 is 10.6 Å². The van der Waals surface area contributed by atoms with Gasteiger partial charge in [-0.2, -0.15) is 0 Å². The number of hydrogen-bond acceptors (Lipinski definition) is 2. The Bertz CT molecular complexity index is 453. The molecule has 0 aliphatic heterocycles. The molecule has 2 amide bonds. The van der Waals surface area contributed by atoms with E-state index in [9.17, 15) is 9.59 Å². The average molecular weight is 369 g/mol. The van der Waals surface area contributed by atoms with E-state index in [0.717, 1.165) is 38.6 Å². The van der Waals surface area contributed by atoms with E-state index in [2.05, 4.69) is 38.3 Å². The van der Waals surface area contributed by atoms with Crippen molar-refractivity contribution in [3.05, 3.63) is 0 Å². The van der Waals surface area contributed by atoms with E-state index in [1.165, 1.54) is 0 Å². The molecule has 0 saturated heterocycles. The fraction of sp³-hybridized carbons (Fsp3) is 0.909. The zero-order chi connectivity index (χ0) is 20.6. The second kappa shape index (κ2) is 10.3. The van der Waals surface area contributed by atoms with Crippen LogP contribution in [-0.2, 0) is 9.59 Å². The molecule has 0 heterocycles. The molecule has 0 radical (unpaired) electrons. The molecule has 0 aromatic carbocycles. The van der Waals surface area contributed by atoms with Gasteiger partial charge in [-0.1, -0.05) is 68.7 Å². The van der Waals surface area contributed by atoms with Crippen LogP contribution in [0.15, 0.2) is 0 Å². The monoisotopic (exact) mass is 368 g/mol. The first-order valence-electron chi connectivity index (χ1n) is 10.3. The quantitative estimate of drug-likeness (QED) is 0.513. The Morgan fingerprint density at radius 3 is 1.92 bits per heavy atom. The number of rotatable bonds is 12. The van der Waals surface area contributed by atoms with Crippen LogP contribution in [0.25, 0.3) is 0 Å². The SMILES string of the molecule is CCCC(C)(C)C(=O)NCC(C)(C)CC(C)CCNC(=O)C(C)(C)CC. The topological polar surface area (TPSA) is 58.2 Å². The maximum atomic E-state index is 12.4. The lowest BCUT2D eigenvalue weighted by Gasteiger charge is -2.31. The number of carbonyl (C=O) groups is 2. The Morgan fingerprint density at radius 1 is 0.885 bits per heavy atom. The summed E-state index contributed by atoms with van der Waals surface area (Å²) in [7, 11) is 0. The Kier molecular flexibility index (Phi) is 9.90. The zero-order valence-electron chi connectivity index (χ0n) is 18.8. The van der Waals surface area contributed by atoms with Crippen molar-refractivity contribution in [2.45, 2.75) is 94.4 Å². The van der Waals surface area contributed by atoms with Gasteiger partial charge in [-0.05, 0) is 37.0 Å². The van der Waals surface area contributed by atoms with Crippen molar-refractivity contribution >= 4 is 11.8 Å². The summed E-state index contributed by atoms with van der Waals surface area (Å²) in [4.78, 5) is 24.5. The molecule has 2 N–H and O–H groups in total. The van der Waals surface area contributed by atoms with E-state index in [1.807, 2.05) is 34.6 Å². The van der Waals surface area contributed by atoms with E-state index in [4.69, 9.17) is 0 Å². The van der Waals surface area contributed by atoms with Crippen molar-refractivity contribution in [3.8, 4) is 0 Å². The van der Waals surface area contributed by atoms with Crippen LogP contribution in [0.2, 0.25) is 0 Å². The standard InChI is InChI=1S/C22H44N2O2/c1-10-13-22(8,9)19(26)24-16-20(4,5)15-17(3)12-14-23-18(25)21(6,7)11-2/h17H,10-16H2,1-9H3,(H,23,25)(H,24,26). The number of amides is 2. The lowest BCUT2D eigenvalue weighted by Crippen LogP contribution is -2.42. The molecule has 0 spiro atoms. The van der Waals surface area contributed by atoms with Gasteiger partial charge in [0.1, 0.15) is 0 Å². The second-order valence-corrected chi connectivity index (χ2v) is 10.1. The van der Waals surface area contributed by atoms with Crippen LogP contribution in [0, 0.1) is 22.2 Å². The normalized spacial score (nSPS) is 14.0. The summed E-state index contributed by atoms with van der Waals surface area (Å²) >= 11 is 0. The van der Waals surface area contributed by atoms with Crippen LogP contribution in [0.4, 0.5) is 0 Å². The highest BCUT2D eigenvalue weighted by atomic mass is 16.2. The summed E-state index contributed by atoms with van der Waals surface area (Å²) in [5.74, 6) is 0.779. The molecule has 0 aromatic rings. The molecule has 0 rings (SSSR count). The molecule has 4 nitrogen and oxygen atoms in total. The lowest BCUT2D eigenvalue weighted by molar-refractivity contribution is -0.130. The molecule has 26 heavy (non-hydrogen) atoms. The Morgan fingerprint density at radius 2 is 1.42 bits per heavy atom. The predicted molar refractivity (Wildman–Crippen MR) is 111 cm³/mol. The van der Waals surface area contributed by atoms with Gasteiger partial charge in [0.25, 0.3) is 0 Å². The van der Waals surface area contributed by atoms with Gasteiger partial charge in [-0.15, -0.1) is 0 Å². The van der Waals surface area contributed by atoms with Gasteiger partial charge in [-0.3, -0.25) is 9.59 Å². The van der Waals surface area contributed by atoms with E-state index in [1.54, 1.807) is 0 Å². The summed E-state index contributed by atoms with van der Waals surface area (Å²) in [6, 6.07) is 0. The smallest absolute Gasteiger partial charge is 0.225 e. The Balaban J connectivity index is 4.32. The van der Waals surface area contributed by atoms with Crippen LogP contribution in [0.5, 0.6) is 0 Å². The molecule has 0 aromatic heterocycles. The third kappa shape index (κ3) is 9.05. The van der Waals surface area contributed by atoms with Crippen LogP contribution in [0.1, 0.15) is 94.4 Å². The molecule has 0 bridgehead atoms. The van der Waals surface area contributed by atoms with Crippen molar-refractivity contribution in [1.29, 1.82) is 0 Å². The largest absolute Gasteiger partial charge is 0.356 e. The maximum Gasteiger partial charge on any atom is 0.225 e. The Hall–Kier alpha value is -1.06. The van der Waals surface area contributed by atoms with Crippen LogP contribution >= 0.6 is 0 Å². The van der Waals surface area contributed by atoms with E-state index >= 15 is 0 Å². The lowest BCUT2D eigenvalue weighted by atomic mass is 9.81. The predicted octanol–water partition coefficient (Wildman–Crippen LogP) is 4.92. The molecule has 0 aliphatic rings. The summed E-state index contributed by atoms with van der Waals surface area (Å²) in [6.07, 6.45) is 4.75. The highest BCUT2D eigenvalue weighted by molar-refractivity contribution is 5.82. The highest BCUT2D eigenvalue weighted by Gasteiger charge is 2.29. The molecule has 4 heteroatoms. The fourth-order valence-corrected chi connectivity index (χ4v) is 3.25. The number of nitrogens with one attached hydrogen (secondary N) is 2. The molecule has 0 saturated carbocycles. The summed E-state index contributed by atoms with van der Waals surface area (Å²) in [5, 5.41) is 6.21. The second-order valence-electron chi connectivity index (χ2n) is 10.1. The van der Waals surface area contributed by atoms with Gasteiger partial charge in [0.05, 0.1) is 0 Å². The first-order chi connectivity index (χ1) is 11.8. The zero-order valence-corrected chi connectivity index (χ0v) is 18.8. The molecule has 154 valence electrons. The fourth-order valence-electron chi connectivity index (χ4n) is 3.25. The molecule has 0 fully saturated rings. The first-order valence-corrected chi connectivity index (χ1v) is 10.3. The van der Waals surface area contributed by atoms with Gasteiger partial charge in [-0.25, -0.2) is 0 Å². The molecule has 0 aliphatic carbocycles. The van der Waals surface area contributed by atoms with Crippen LogP contribution < -0.4 is 10.6 Å². The minimum absolute atomic E-state index is 0.0457. The van der Waals surface area contributed by atoms with E-state index in [-0.39, 0.29) is 28.1 Å². The number of hydrogen-bond donors (Lipinski definition) is 2. The van der Waals surface area contributed by atoms with Crippen molar-refractivity contribution in [2.75, 3.05) is 13.1 Å². The van der Waals surface area contributed by atoms with Gasteiger partial charge in [0.2, 0.25) is 11.8 Å². The van der Waals surface area contributed by atoms with Crippen molar-refractivity contribution in [1.82, 2.24) is 10.6 Å². The molecular weight excluding hydrogens is 324 g/mol. The minimum atomic E-state index is -0.299. The summed E-state index contributed by atoms with van der Waals surface area (Å²) in [6.45, 7) is 20.2. The molecule has 1 unspecified atom stereocenters. The van der Waals surface area contributed by atoms with Crippen molar-refractivity contribution < 1.29 is 9.59 Å². The van der Waals surface area contributed by atoms with Gasteiger partial charge in [0.15, 0.2) is 0 Å². The molecule has 1 atom stereocenters. The minimum Gasteiger partial charge on any atom is -0.356 e. The van der Waals surface area contributed by atoms with Crippen LogP contribution in [-0.4, -0.2) is 24.9 Å². The third-order valence-electron chi connectivity index (χ3n) is 5.54. The Labute approximate surface area is 162 Å². The van der Waals surface area contributed by atoms with Crippen molar-refractivity contribution in [2.24, 2.45) is 22.2 Å². The maximum absolute atomic E-state index is 12.4. The summed E-state index contributed by atoms with van der Waals surface area (Å²) < 4.78 is 0. The van der Waals surface area contributed by atoms with E-state index in [0.29, 0.717) is 12.5 Å². The third-order valence-corrected chi connectivity index (χ3v) is 5.54. The van der Waals surface area contributed by atoms with E-state index < -0.39 is 0 Å². The summed E-state index contributed by atoms with van der Waals surface area (Å²) in [5.41, 5.74) is -0.547. The number of carbonyl (C=O) groups excluding carboxylic acids is 2. The highest BCUT2D eigenvalue weighted by Crippen LogP contribution is 2.28. The average Bonchev–Trinajstić information content (AvgIpc) is 2.51. The van der Waals surface area contributed by atoms with Crippen LogP contribution in [0.3, 0.4) is 0 Å². The van der Waals surface area contributed by atoms with Crippen molar-refractivity contribution in [3.63, 3.8) is 0 Å². The molecular formula is C22H44N2O2. The van der Waals surface area contributed by atoms with Gasteiger partial charge in [0, 0.05) is 23.9 Å².